The van der Waals surface area contributed by atoms with E-state index in [0.29, 0.717) is 27.8 Å². The third-order valence-corrected chi connectivity index (χ3v) is 7.52. The van der Waals surface area contributed by atoms with Crippen molar-refractivity contribution >= 4 is 23.0 Å². The van der Waals surface area contributed by atoms with Gasteiger partial charge in [-0.05, 0) is 69.2 Å². The maximum absolute atomic E-state index is 13.5. The predicted octanol–water partition coefficient (Wildman–Crippen LogP) is 4.38. The first-order valence-corrected chi connectivity index (χ1v) is 12.6. The lowest BCUT2D eigenvalue weighted by Gasteiger charge is -2.24. The van der Waals surface area contributed by atoms with E-state index in [2.05, 4.69) is 20.3 Å². The zero-order chi connectivity index (χ0) is 24.0. The molecule has 8 heteroatoms. The number of carbonyl (C=O) groups is 1. The molecule has 0 spiro atoms. The number of amides is 1. The van der Waals surface area contributed by atoms with Crippen molar-refractivity contribution in [2.75, 3.05) is 19.6 Å². The van der Waals surface area contributed by atoms with Crippen LogP contribution in [0.5, 0.6) is 0 Å². The van der Waals surface area contributed by atoms with Gasteiger partial charge in [0.15, 0.2) is 5.82 Å². The molecular weight excluding hydrogens is 450 g/mol. The fourth-order valence-corrected chi connectivity index (χ4v) is 5.23. The average molecular weight is 482 g/mol. The van der Waals surface area contributed by atoms with E-state index in [1.165, 1.54) is 12.8 Å². The number of nitrogens with zero attached hydrogens (tertiary/aromatic N) is 3. The third kappa shape index (κ3) is 4.51. The van der Waals surface area contributed by atoms with Crippen molar-refractivity contribution < 1.29 is 4.79 Å². The largest absolute Gasteiger partial charge is 0.348 e. The zero-order valence-corrected chi connectivity index (χ0v) is 20.8. The van der Waals surface area contributed by atoms with Crippen LogP contribution in [0, 0.1) is 12.8 Å². The molecule has 5 rings (SSSR count). The summed E-state index contributed by atoms with van der Waals surface area (Å²) < 4.78 is 1.55. The maximum Gasteiger partial charge on any atom is 0.275 e. The Hall–Kier alpha value is -2.64. The van der Waals surface area contributed by atoms with Gasteiger partial charge in [-0.25, -0.2) is 4.52 Å². The summed E-state index contributed by atoms with van der Waals surface area (Å²) in [4.78, 5) is 32.0. The molecule has 2 N–H and O–H groups in total. The molecule has 1 aliphatic carbocycles. The second-order valence-electron chi connectivity index (χ2n) is 10.1. The van der Waals surface area contributed by atoms with E-state index in [4.69, 9.17) is 11.6 Å². The van der Waals surface area contributed by atoms with E-state index >= 15 is 0 Å². The van der Waals surface area contributed by atoms with Crippen LogP contribution < -0.4 is 10.9 Å². The van der Waals surface area contributed by atoms with Crippen LogP contribution in [0.15, 0.2) is 29.2 Å². The van der Waals surface area contributed by atoms with E-state index in [9.17, 15) is 9.59 Å². The minimum atomic E-state index is -0.264. The first-order valence-electron chi connectivity index (χ1n) is 12.3. The summed E-state index contributed by atoms with van der Waals surface area (Å²) in [6.45, 7) is 9.05. The van der Waals surface area contributed by atoms with Gasteiger partial charge in [0, 0.05) is 34.9 Å². The second kappa shape index (κ2) is 9.19. The van der Waals surface area contributed by atoms with Crippen LogP contribution >= 0.6 is 11.6 Å². The fraction of sp³-hybridized carbons (Fsp3) is 0.500. The number of H-pyrrole nitrogens is 1. The van der Waals surface area contributed by atoms with Crippen LogP contribution in [0.4, 0.5) is 0 Å². The molecular formula is C26H32ClN5O2. The van der Waals surface area contributed by atoms with Crippen LogP contribution in [0.2, 0.25) is 5.02 Å². The molecule has 2 fully saturated rings. The summed E-state index contributed by atoms with van der Waals surface area (Å²) in [5, 5.41) is 8.56. The molecule has 1 amide bonds. The lowest BCUT2D eigenvalue weighted by atomic mass is 9.99. The van der Waals surface area contributed by atoms with Crippen LogP contribution in [-0.2, 0) is 0 Å². The Morgan fingerprint density at radius 3 is 2.65 bits per heavy atom. The summed E-state index contributed by atoms with van der Waals surface area (Å²) in [5.41, 5.74) is 3.09. The predicted molar refractivity (Wildman–Crippen MR) is 135 cm³/mol. The molecule has 180 valence electrons. The first-order chi connectivity index (χ1) is 16.3. The van der Waals surface area contributed by atoms with Gasteiger partial charge >= 0.3 is 0 Å². The van der Waals surface area contributed by atoms with Gasteiger partial charge in [-0.15, -0.1) is 5.10 Å². The van der Waals surface area contributed by atoms with Crippen molar-refractivity contribution in [2.45, 2.75) is 58.4 Å². The molecule has 3 heterocycles. The Morgan fingerprint density at radius 2 is 2.00 bits per heavy atom. The highest BCUT2D eigenvalue weighted by molar-refractivity contribution is 6.31. The van der Waals surface area contributed by atoms with Gasteiger partial charge < -0.3 is 15.2 Å². The van der Waals surface area contributed by atoms with Crippen LogP contribution in [0.1, 0.15) is 66.9 Å². The molecule has 2 aliphatic rings. The number of aryl methyl sites for hydroxylation is 1. The average Bonchev–Trinajstić information content (AvgIpc) is 3.36. The number of aromatic amines is 1. The van der Waals surface area contributed by atoms with Crippen LogP contribution in [0.25, 0.3) is 16.9 Å². The topological polar surface area (TPSA) is 82.5 Å². The molecule has 3 aromatic rings. The highest BCUT2D eigenvalue weighted by Gasteiger charge is 2.35. The van der Waals surface area contributed by atoms with Gasteiger partial charge in [0.05, 0.1) is 5.56 Å². The van der Waals surface area contributed by atoms with Gasteiger partial charge in [-0.2, -0.15) is 0 Å². The minimum Gasteiger partial charge on any atom is -0.348 e. The lowest BCUT2D eigenvalue weighted by molar-refractivity contribution is 0.0920. The van der Waals surface area contributed by atoms with Crippen molar-refractivity contribution in [3.63, 3.8) is 0 Å². The second-order valence-corrected chi connectivity index (χ2v) is 10.5. The standard InChI is InChI=1S/C26H32ClN5O2/c1-15(2)22-19(25(33)28-21(17-8-9-17)14-31-10-4-5-11-31)13-32-23(22)26(34)29-24(30-32)18-7-6-16(3)20(27)12-18/h6-7,12-13,15,17,21H,4-5,8-11,14H2,1-3H3,(H,28,33)(H,29,30,34). The third-order valence-electron chi connectivity index (χ3n) is 7.11. The van der Waals surface area contributed by atoms with Gasteiger partial charge in [0.2, 0.25) is 0 Å². The fourth-order valence-electron chi connectivity index (χ4n) is 5.05. The first kappa shape index (κ1) is 23.1. The number of nitrogens with one attached hydrogen (secondary N) is 2. The molecule has 7 nitrogen and oxygen atoms in total. The van der Waals surface area contributed by atoms with Gasteiger partial charge in [-0.3, -0.25) is 9.59 Å². The molecule has 0 radical (unpaired) electrons. The molecule has 1 aromatic carbocycles. The molecule has 0 bridgehead atoms. The number of carbonyl (C=O) groups excluding carboxylic acids is 1. The summed E-state index contributed by atoms with van der Waals surface area (Å²) in [5.74, 6) is 0.834. The van der Waals surface area contributed by atoms with Gasteiger partial charge in [0.1, 0.15) is 5.52 Å². The molecule has 1 saturated heterocycles. The van der Waals surface area contributed by atoms with Crippen LogP contribution in [0.3, 0.4) is 0 Å². The number of rotatable bonds is 7. The van der Waals surface area contributed by atoms with E-state index in [-0.39, 0.29) is 23.4 Å². The Labute approximate surface area is 204 Å². The smallest absolute Gasteiger partial charge is 0.275 e. The van der Waals surface area contributed by atoms with Gasteiger partial charge in [0.25, 0.3) is 11.5 Å². The molecule has 1 atom stereocenters. The Bertz CT molecular complexity index is 1280. The van der Waals surface area contributed by atoms with Gasteiger partial charge in [-0.1, -0.05) is 37.6 Å². The molecule has 34 heavy (non-hydrogen) atoms. The number of halogens is 1. The van der Waals surface area contributed by atoms with Crippen molar-refractivity contribution in [3.05, 3.63) is 56.5 Å². The molecule has 1 unspecified atom stereocenters. The summed E-state index contributed by atoms with van der Waals surface area (Å²) in [7, 11) is 0. The van der Waals surface area contributed by atoms with Crippen molar-refractivity contribution in [1.29, 1.82) is 0 Å². The number of likely N-dealkylation sites (tertiary alicyclic amines) is 1. The van der Waals surface area contributed by atoms with Crippen molar-refractivity contribution in [1.82, 2.24) is 24.8 Å². The van der Waals surface area contributed by atoms with Crippen molar-refractivity contribution in [2.24, 2.45) is 5.92 Å². The maximum atomic E-state index is 13.5. The molecule has 1 saturated carbocycles. The Balaban J connectivity index is 1.50. The number of fused-ring (bicyclic) bond motifs is 1. The SMILES string of the molecule is Cc1ccc(-c2nn3cc(C(=O)NC(CN4CCCC4)C4CC4)c(C(C)C)c3c(=O)[nH]2)cc1Cl. The quantitative estimate of drug-likeness (QED) is 0.524. The zero-order valence-electron chi connectivity index (χ0n) is 20.0. The molecule has 1 aliphatic heterocycles. The summed E-state index contributed by atoms with van der Waals surface area (Å²) in [6.07, 6.45) is 6.50. The Kier molecular flexibility index (Phi) is 6.25. The normalized spacial score (nSPS) is 17.6. The van der Waals surface area contributed by atoms with E-state index in [1.54, 1.807) is 16.8 Å². The lowest BCUT2D eigenvalue weighted by Crippen LogP contribution is -2.44. The number of benzene rings is 1. The van der Waals surface area contributed by atoms with Crippen LogP contribution in [-0.4, -0.2) is 51.1 Å². The highest BCUT2D eigenvalue weighted by Crippen LogP contribution is 2.34. The van der Waals surface area contributed by atoms with E-state index in [1.807, 2.05) is 32.9 Å². The highest BCUT2D eigenvalue weighted by atomic mass is 35.5. The molecule has 2 aromatic heterocycles. The van der Waals surface area contributed by atoms with E-state index < -0.39 is 0 Å². The monoisotopic (exact) mass is 481 g/mol. The number of aromatic nitrogens is 3. The van der Waals surface area contributed by atoms with E-state index in [0.717, 1.165) is 49.2 Å². The van der Waals surface area contributed by atoms with Crippen molar-refractivity contribution in [3.8, 4) is 11.4 Å². The number of hydrogen-bond donors (Lipinski definition) is 2. The Morgan fingerprint density at radius 1 is 1.26 bits per heavy atom. The minimum absolute atomic E-state index is 0.00808. The summed E-state index contributed by atoms with van der Waals surface area (Å²) in [6, 6.07) is 5.71. The number of hydrogen-bond acceptors (Lipinski definition) is 4. The summed E-state index contributed by atoms with van der Waals surface area (Å²) >= 11 is 6.29.